The molecule has 3 rings (SSSR count). The van der Waals surface area contributed by atoms with Gasteiger partial charge in [-0.15, -0.1) is 0 Å². The highest BCUT2D eigenvalue weighted by atomic mass is 35.5. The zero-order valence-corrected chi connectivity index (χ0v) is 11.5. The van der Waals surface area contributed by atoms with Crippen LogP contribution in [0.3, 0.4) is 0 Å². The van der Waals surface area contributed by atoms with Gasteiger partial charge in [0.15, 0.2) is 0 Å². The van der Waals surface area contributed by atoms with Gasteiger partial charge in [-0.05, 0) is 43.7 Å². The number of hydrogen-bond acceptors (Lipinski definition) is 2. The van der Waals surface area contributed by atoms with Crippen LogP contribution in [0.1, 0.15) is 37.7 Å². The minimum atomic E-state index is 0.748. The predicted octanol–water partition coefficient (Wildman–Crippen LogP) is 3.58. The van der Waals surface area contributed by atoms with Crippen LogP contribution in [-0.2, 0) is 6.54 Å². The molecule has 1 aliphatic heterocycles. The smallest absolute Gasteiger partial charge is 0.0642 e. The van der Waals surface area contributed by atoms with Gasteiger partial charge in [-0.25, -0.2) is 0 Å². The van der Waals surface area contributed by atoms with Crippen molar-refractivity contribution in [1.82, 2.24) is 5.32 Å². The standard InChI is InChI=1S/C15H21ClN2/c16-14-6-4-5-12(11-17-13-7-8-13)15(14)18-9-2-1-3-10-18/h4-6,13,17H,1-3,7-11H2. The maximum atomic E-state index is 6.42. The highest BCUT2D eigenvalue weighted by Gasteiger charge is 2.22. The van der Waals surface area contributed by atoms with Gasteiger partial charge in [0.2, 0.25) is 0 Å². The molecule has 1 saturated heterocycles. The zero-order chi connectivity index (χ0) is 12.4. The van der Waals surface area contributed by atoms with Gasteiger partial charge in [-0.3, -0.25) is 0 Å². The fourth-order valence-corrected chi connectivity index (χ4v) is 3.03. The second-order valence-electron chi connectivity index (χ2n) is 5.45. The first kappa shape index (κ1) is 12.3. The summed E-state index contributed by atoms with van der Waals surface area (Å²) in [5.41, 5.74) is 2.63. The molecule has 18 heavy (non-hydrogen) atoms. The lowest BCUT2D eigenvalue weighted by molar-refractivity contribution is 0.574. The summed E-state index contributed by atoms with van der Waals surface area (Å²) in [6, 6.07) is 7.05. The third-order valence-corrected chi connectivity index (χ3v) is 4.21. The van der Waals surface area contributed by atoms with E-state index in [0.717, 1.165) is 30.7 Å². The van der Waals surface area contributed by atoms with Crippen LogP contribution in [0.2, 0.25) is 5.02 Å². The Bertz CT molecular complexity index is 409. The Labute approximate surface area is 114 Å². The topological polar surface area (TPSA) is 15.3 Å². The lowest BCUT2D eigenvalue weighted by atomic mass is 10.1. The van der Waals surface area contributed by atoms with Crippen molar-refractivity contribution in [2.24, 2.45) is 0 Å². The van der Waals surface area contributed by atoms with Crippen molar-refractivity contribution in [3.8, 4) is 0 Å². The van der Waals surface area contributed by atoms with Crippen molar-refractivity contribution in [1.29, 1.82) is 0 Å². The second kappa shape index (κ2) is 5.50. The Balaban J connectivity index is 1.79. The van der Waals surface area contributed by atoms with E-state index in [9.17, 15) is 0 Å². The van der Waals surface area contributed by atoms with Crippen molar-refractivity contribution < 1.29 is 0 Å². The van der Waals surface area contributed by atoms with Gasteiger partial charge in [0.05, 0.1) is 10.7 Å². The molecule has 3 heteroatoms. The van der Waals surface area contributed by atoms with E-state index < -0.39 is 0 Å². The fourth-order valence-electron chi connectivity index (χ4n) is 2.72. The molecule has 1 saturated carbocycles. The summed E-state index contributed by atoms with van der Waals surface area (Å²) in [5.74, 6) is 0. The largest absolute Gasteiger partial charge is 0.370 e. The quantitative estimate of drug-likeness (QED) is 0.894. The molecule has 0 spiro atoms. The van der Waals surface area contributed by atoms with E-state index in [1.54, 1.807) is 0 Å². The molecule has 1 heterocycles. The third kappa shape index (κ3) is 2.81. The Morgan fingerprint density at radius 3 is 2.67 bits per heavy atom. The van der Waals surface area contributed by atoms with E-state index in [4.69, 9.17) is 11.6 Å². The van der Waals surface area contributed by atoms with Crippen LogP contribution in [0.25, 0.3) is 0 Å². The highest BCUT2D eigenvalue weighted by Crippen LogP contribution is 2.32. The summed E-state index contributed by atoms with van der Waals surface area (Å²) in [6.45, 7) is 3.26. The molecular weight excluding hydrogens is 244 g/mol. The van der Waals surface area contributed by atoms with E-state index in [2.05, 4.69) is 22.3 Å². The maximum Gasteiger partial charge on any atom is 0.0642 e. The summed E-state index contributed by atoms with van der Waals surface area (Å²) in [4.78, 5) is 2.47. The summed E-state index contributed by atoms with van der Waals surface area (Å²) >= 11 is 6.42. The molecular formula is C15H21ClN2. The monoisotopic (exact) mass is 264 g/mol. The van der Waals surface area contributed by atoms with Crippen molar-refractivity contribution in [2.45, 2.75) is 44.7 Å². The molecule has 2 fully saturated rings. The Kier molecular flexibility index (Phi) is 3.76. The summed E-state index contributed by atoms with van der Waals surface area (Å²) in [7, 11) is 0. The molecule has 0 atom stereocenters. The van der Waals surface area contributed by atoms with Gasteiger partial charge in [0.25, 0.3) is 0 Å². The van der Waals surface area contributed by atoms with Gasteiger partial charge in [-0.2, -0.15) is 0 Å². The van der Waals surface area contributed by atoms with E-state index in [1.165, 1.54) is 43.4 Å². The molecule has 1 aliphatic carbocycles. The normalized spacial score (nSPS) is 20.2. The van der Waals surface area contributed by atoms with Crippen LogP contribution < -0.4 is 10.2 Å². The molecule has 98 valence electrons. The molecule has 1 aromatic carbocycles. The Hall–Kier alpha value is -0.730. The van der Waals surface area contributed by atoms with Gasteiger partial charge < -0.3 is 10.2 Å². The number of nitrogens with zero attached hydrogens (tertiary/aromatic N) is 1. The van der Waals surface area contributed by atoms with Crippen LogP contribution in [-0.4, -0.2) is 19.1 Å². The van der Waals surface area contributed by atoms with Crippen molar-refractivity contribution in [3.05, 3.63) is 28.8 Å². The number of halogens is 1. The van der Waals surface area contributed by atoms with E-state index in [1.807, 2.05) is 6.07 Å². The van der Waals surface area contributed by atoms with Gasteiger partial charge in [0, 0.05) is 25.7 Å². The van der Waals surface area contributed by atoms with Gasteiger partial charge in [0.1, 0.15) is 0 Å². The fraction of sp³-hybridized carbons (Fsp3) is 0.600. The number of rotatable bonds is 4. The minimum absolute atomic E-state index is 0.748. The SMILES string of the molecule is Clc1cccc(CNC2CC2)c1N1CCCCC1. The molecule has 0 unspecified atom stereocenters. The Morgan fingerprint density at radius 2 is 1.94 bits per heavy atom. The van der Waals surface area contributed by atoms with Crippen LogP contribution in [0.4, 0.5) is 5.69 Å². The van der Waals surface area contributed by atoms with Crippen LogP contribution in [0.15, 0.2) is 18.2 Å². The average molecular weight is 265 g/mol. The zero-order valence-electron chi connectivity index (χ0n) is 10.8. The first-order chi connectivity index (χ1) is 8.84. The predicted molar refractivity (Wildman–Crippen MR) is 77.4 cm³/mol. The average Bonchev–Trinajstić information content (AvgIpc) is 3.21. The highest BCUT2D eigenvalue weighted by molar-refractivity contribution is 6.33. The maximum absolute atomic E-state index is 6.42. The molecule has 2 aliphatic rings. The molecule has 1 aromatic rings. The first-order valence-corrected chi connectivity index (χ1v) is 7.48. The van der Waals surface area contributed by atoms with E-state index in [-0.39, 0.29) is 0 Å². The number of hydrogen-bond donors (Lipinski definition) is 1. The second-order valence-corrected chi connectivity index (χ2v) is 5.86. The minimum Gasteiger partial charge on any atom is -0.370 e. The summed E-state index contributed by atoms with van der Waals surface area (Å²) in [6.07, 6.45) is 6.61. The molecule has 0 aromatic heterocycles. The molecule has 0 bridgehead atoms. The summed E-state index contributed by atoms with van der Waals surface area (Å²) < 4.78 is 0. The van der Waals surface area contributed by atoms with Gasteiger partial charge in [-0.1, -0.05) is 23.7 Å². The molecule has 0 radical (unpaired) electrons. The third-order valence-electron chi connectivity index (χ3n) is 3.90. The number of piperidine rings is 1. The van der Waals surface area contributed by atoms with E-state index in [0.29, 0.717) is 0 Å². The number of para-hydroxylation sites is 1. The summed E-state index contributed by atoms with van der Waals surface area (Å²) in [5, 5.41) is 4.50. The lowest BCUT2D eigenvalue weighted by Gasteiger charge is -2.31. The molecule has 2 nitrogen and oxygen atoms in total. The van der Waals surface area contributed by atoms with Crippen LogP contribution in [0, 0.1) is 0 Å². The van der Waals surface area contributed by atoms with Crippen LogP contribution >= 0.6 is 11.6 Å². The van der Waals surface area contributed by atoms with Crippen molar-refractivity contribution in [2.75, 3.05) is 18.0 Å². The molecule has 1 N–H and O–H groups in total. The number of nitrogens with one attached hydrogen (secondary N) is 1. The lowest BCUT2D eigenvalue weighted by Crippen LogP contribution is -2.31. The number of benzene rings is 1. The van der Waals surface area contributed by atoms with Crippen molar-refractivity contribution in [3.63, 3.8) is 0 Å². The Morgan fingerprint density at radius 1 is 1.17 bits per heavy atom. The first-order valence-electron chi connectivity index (χ1n) is 7.10. The molecule has 0 amide bonds. The van der Waals surface area contributed by atoms with Crippen LogP contribution in [0.5, 0.6) is 0 Å². The van der Waals surface area contributed by atoms with Gasteiger partial charge >= 0.3 is 0 Å². The van der Waals surface area contributed by atoms with E-state index >= 15 is 0 Å². The van der Waals surface area contributed by atoms with Crippen molar-refractivity contribution >= 4 is 17.3 Å². The number of anilines is 1.